The van der Waals surface area contributed by atoms with Gasteiger partial charge in [0.05, 0.1) is 5.60 Å². The van der Waals surface area contributed by atoms with Gasteiger partial charge in [0, 0.05) is 19.3 Å². The van der Waals surface area contributed by atoms with Crippen molar-refractivity contribution in [3.8, 4) is 0 Å². The predicted octanol–water partition coefficient (Wildman–Crippen LogP) is 0.806. The van der Waals surface area contributed by atoms with Crippen molar-refractivity contribution in [2.24, 2.45) is 0 Å². The number of rotatable bonds is 6. The van der Waals surface area contributed by atoms with Crippen LogP contribution in [0.3, 0.4) is 0 Å². The highest BCUT2D eigenvalue weighted by Gasteiger charge is 2.24. The van der Waals surface area contributed by atoms with Gasteiger partial charge in [0.1, 0.15) is 12.2 Å². The standard InChI is InChI=1S/C13H20N2O4/c1-4-14(9-13(2,3)19)12(18)10-6-5-7-15(10)8-11(16)17/h5-7,19H,4,8-9H2,1-3H3,(H,16,17). The molecule has 1 amide bonds. The molecule has 0 aliphatic carbocycles. The summed E-state index contributed by atoms with van der Waals surface area (Å²) in [7, 11) is 0. The van der Waals surface area contributed by atoms with Gasteiger partial charge in [-0.3, -0.25) is 9.59 Å². The van der Waals surface area contributed by atoms with Crippen molar-refractivity contribution in [2.45, 2.75) is 32.9 Å². The maximum atomic E-state index is 12.3. The molecule has 2 N–H and O–H groups in total. The van der Waals surface area contributed by atoms with E-state index >= 15 is 0 Å². The predicted molar refractivity (Wildman–Crippen MR) is 69.9 cm³/mol. The van der Waals surface area contributed by atoms with Gasteiger partial charge in [0.2, 0.25) is 0 Å². The van der Waals surface area contributed by atoms with Crippen molar-refractivity contribution in [1.82, 2.24) is 9.47 Å². The van der Waals surface area contributed by atoms with E-state index in [9.17, 15) is 14.7 Å². The Morgan fingerprint density at radius 3 is 2.53 bits per heavy atom. The first-order chi connectivity index (χ1) is 8.74. The monoisotopic (exact) mass is 268 g/mol. The first-order valence-electron chi connectivity index (χ1n) is 6.13. The van der Waals surface area contributed by atoms with Crippen molar-refractivity contribution in [3.63, 3.8) is 0 Å². The molecule has 0 bridgehead atoms. The molecule has 0 saturated carbocycles. The van der Waals surface area contributed by atoms with Crippen LogP contribution in [0.25, 0.3) is 0 Å². The lowest BCUT2D eigenvalue weighted by Crippen LogP contribution is -2.42. The van der Waals surface area contributed by atoms with E-state index in [4.69, 9.17) is 5.11 Å². The highest BCUT2D eigenvalue weighted by atomic mass is 16.4. The number of amides is 1. The van der Waals surface area contributed by atoms with Gasteiger partial charge >= 0.3 is 5.97 Å². The molecule has 0 aliphatic rings. The Bertz CT molecular complexity index is 459. The summed E-state index contributed by atoms with van der Waals surface area (Å²) < 4.78 is 1.39. The summed E-state index contributed by atoms with van der Waals surface area (Å²) >= 11 is 0. The van der Waals surface area contributed by atoms with Crippen LogP contribution in [0.4, 0.5) is 0 Å². The maximum Gasteiger partial charge on any atom is 0.323 e. The second-order valence-corrected chi connectivity index (χ2v) is 5.05. The molecule has 0 atom stereocenters. The van der Waals surface area contributed by atoms with Crippen LogP contribution in [-0.4, -0.2) is 50.2 Å². The topological polar surface area (TPSA) is 82.8 Å². The quantitative estimate of drug-likeness (QED) is 0.799. The fourth-order valence-corrected chi connectivity index (χ4v) is 1.85. The van der Waals surface area contributed by atoms with Crippen LogP contribution in [0.2, 0.25) is 0 Å². The molecule has 0 unspecified atom stereocenters. The minimum Gasteiger partial charge on any atom is -0.480 e. The number of carbonyl (C=O) groups excluding carboxylic acids is 1. The Morgan fingerprint density at radius 1 is 1.42 bits per heavy atom. The Balaban J connectivity index is 2.92. The molecule has 1 aromatic heterocycles. The second-order valence-electron chi connectivity index (χ2n) is 5.05. The molecule has 1 heterocycles. The lowest BCUT2D eigenvalue weighted by Gasteiger charge is -2.28. The van der Waals surface area contributed by atoms with Gasteiger partial charge in [-0.05, 0) is 32.9 Å². The highest BCUT2D eigenvalue weighted by Crippen LogP contribution is 2.11. The number of likely N-dealkylation sites (N-methyl/N-ethyl adjacent to an activating group) is 1. The zero-order valence-corrected chi connectivity index (χ0v) is 11.5. The molecule has 1 rings (SSSR count). The molecule has 6 heteroatoms. The third kappa shape index (κ3) is 4.40. The first-order valence-corrected chi connectivity index (χ1v) is 6.13. The van der Waals surface area contributed by atoms with Crippen LogP contribution in [-0.2, 0) is 11.3 Å². The van der Waals surface area contributed by atoms with Gasteiger partial charge in [-0.1, -0.05) is 0 Å². The zero-order chi connectivity index (χ0) is 14.6. The van der Waals surface area contributed by atoms with Crippen LogP contribution < -0.4 is 0 Å². The van der Waals surface area contributed by atoms with E-state index in [-0.39, 0.29) is 19.0 Å². The molecule has 0 fully saturated rings. The first kappa shape index (κ1) is 15.2. The third-order valence-corrected chi connectivity index (χ3v) is 2.60. The summed E-state index contributed by atoms with van der Waals surface area (Å²) in [6.07, 6.45) is 1.55. The summed E-state index contributed by atoms with van der Waals surface area (Å²) in [6.45, 7) is 5.45. The van der Waals surface area contributed by atoms with Crippen LogP contribution in [0.15, 0.2) is 18.3 Å². The summed E-state index contributed by atoms with van der Waals surface area (Å²) in [6, 6.07) is 3.21. The van der Waals surface area contributed by atoms with Crippen LogP contribution >= 0.6 is 0 Å². The van der Waals surface area contributed by atoms with Crippen molar-refractivity contribution in [2.75, 3.05) is 13.1 Å². The lowest BCUT2D eigenvalue weighted by atomic mass is 10.1. The van der Waals surface area contributed by atoms with E-state index in [1.807, 2.05) is 6.92 Å². The van der Waals surface area contributed by atoms with E-state index in [2.05, 4.69) is 0 Å². The molecule has 0 aromatic carbocycles. The smallest absolute Gasteiger partial charge is 0.323 e. The van der Waals surface area contributed by atoms with E-state index in [1.165, 1.54) is 9.47 Å². The Kier molecular flexibility index (Phi) is 4.72. The normalized spacial score (nSPS) is 11.4. The van der Waals surface area contributed by atoms with Crippen LogP contribution in [0.1, 0.15) is 31.3 Å². The minimum atomic E-state index is -1.00. The highest BCUT2D eigenvalue weighted by molar-refractivity contribution is 5.93. The fourth-order valence-electron chi connectivity index (χ4n) is 1.85. The van der Waals surface area contributed by atoms with Crippen LogP contribution in [0, 0.1) is 0 Å². The van der Waals surface area contributed by atoms with Crippen molar-refractivity contribution in [3.05, 3.63) is 24.0 Å². The largest absolute Gasteiger partial charge is 0.480 e. The van der Waals surface area contributed by atoms with E-state index in [0.29, 0.717) is 12.2 Å². The molecular weight excluding hydrogens is 248 g/mol. The number of aromatic nitrogens is 1. The second kappa shape index (κ2) is 5.88. The van der Waals surface area contributed by atoms with Gasteiger partial charge < -0.3 is 19.7 Å². The average molecular weight is 268 g/mol. The molecule has 6 nitrogen and oxygen atoms in total. The van der Waals surface area contributed by atoms with Crippen LogP contribution in [0.5, 0.6) is 0 Å². The molecule has 106 valence electrons. The van der Waals surface area contributed by atoms with Gasteiger partial charge in [-0.25, -0.2) is 0 Å². The minimum absolute atomic E-state index is 0.195. The summed E-state index contributed by atoms with van der Waals surface area (Å²) in [4.78, 5) is 24.5. The van der Waals surface area contributed by atoms with Gasteiger partial charge in [-0.2, -0.15) is 0 Å². The molecule has 0 aliphatic heterocycles. The number of nitrogens with zero attached hydrogens (tertiary/aromatic N) is 2. The van der Waals surface area contributed by atoms with E-state index in [0.717, 1.165) is 0 Å². The summed E-state index contributed by atoms with van der Waals surface area (Å²) in [5.41, 5.74) is -0.677. The number of aliphatic hydroxyl groups is 1. The fraction of sp³-hybridized carbons (Fsp3) is 0.538. The zero-order valence-electron chi connectivity index (χ0n) is 11.5. The molecule has 19 heavy (non-hydrogen) atoms. The number of aliphatic carboxylic acids is 1. The van der Waals surface area contributed by atoms with Gasteiger partial charge in [-0.15, -0.1) is 0 Å². The Labute approximate surface area is 112 Å². The SMILES string of the molecule is CCN(CC(C)(C)O)C(=O)c1cccn1CC(=O)O. The summed E-state index contributed by atoms with van der Waals surface area (Å²) in [5.74, 6) is -1.29. The van der Waals surface area contributed by atoms with E-state index < -0.39 is 11.6 Å². The molecular formula is C13H20N2O4. The van der Waals surface area contributed by atoms with Crippen molar-refractivity contribution >= 4 is 11.9 Å². The number of carboxylic acids is 1. The van der Waals surface area contributed by atoms with Crippen molar-refractivity contribution in [1.29, 1.82) is 0 Å². The number of carbonyl (C=O) groups is 2. The summed E-state index contributed by atoms with van der Waals surface area (Å²) in [5, 5.41) is 18.6. The van der Waals surface area contributed by atoms with Gasteiger partial charge in [0.15, 0.2) is 0 Å². The average Bonchev–Trinajstić information content (AvgIpc) is 2.70. The molecule has 0 radical (unpaired) electrons. The van der Waals surface area contributed by atoms with Crippen molar-refractivity contribution < 1.29 is 19.8 Å². The number of hydrogen-bond acceptors (Lipinski definition) is 3. The molecule has 0 spiro atoms. The maximum absolute atomic E-state index is 12.3. The molecule has 0 saturated heterocycles. The third-order valence-electron chi connectivity index (χ3n) is 2.60. The van der Waals surface area contributed by atoms with E-state index in [1.54, 1.807) is 32.2 Å². The van der Waals surface area contributed by atoms with Gasteiger partial charge in [0.25, 0.3) is 5.91 Å². The Morgan fingerprint density at radius 2 is 2.05 bits per heavy atom. The number of carboxylic acid groups (broad SMARTS) is 1. The molecule has 1 aromatic rings. The Hall–Kier alpha value is -1.82. The lowest BCUT2D eigenvalue weighted by molar-refractivity contribution is -0.137. The number of hydrogen-bond donors (Lipinski definition) is 2.